The minimum atomic E-state index is -2.73. The third-order valence-corrected chi connectivity index (χ3v) is 9.42. The number of benzene rings is 1. The molecule has 1 aliphatic heterocycles. The van der Waals surface area contributed by atoms with E-state index in [1.807, 2.05) is 0 Å². The Morgan fingerprint density at radius 1 is 1.07 bits per heavy atom. The largest absolute Gasteiger partial charge is 0.507 e. The Morgan fingerprint density at radius 2 is 1.71 bits per heavy atom. The highest BCUT2D eigenvalue weighted by atomic mass is 16.3. The van der Waals surface area contributed by atoms with Crippen molar-refractivity contribution in [2.75, 3.05) is 46.2 Å². The smallest absolute Gasteiger partial charge is 0.257 e. The number of anilines is 1. The zero-order valence-corrected chi connectivity index (χ0v) is 23.8. The van der Waals surface area contributed by atoms with Crippen LogP contribution in [0, 0.1) is 17.8 Å². The number of carbonyl (C=O) groups excluding carboxylic acids is 4. The second-order valence-corrected chi connectivity index (χ2v) is 12.2. The summed E-state index contributed by atoms with van der Waals surface area (Å²) in [7, 11) is 6.75. The third kappa shape index (κ3) is 4.14. The molecule has 41 heavy (non-hydrogen) atoms. The molecular weight excluding hydrogens is 532 g/mol. The molecule has 1 aromatic carbocycles. The Labute approximate surface area is 238 Å². The number of nitrogens with zero attached hydrogens (tertiary/aromatic N) is 3. The number of Topliss-reactive ketones (excluding diaryl/α,β-unsaturated/α-hetero) is 2. The van der Waals surface area contributed by atoms with Gasteiger partial charge in [0.05, 0.1) is 17.2 Å². The Balaban J connectivity index is 1.69. The summed E-state index contributed by atoms with van der Waals surface area (Å²) in [5.74, 6) is -8.54. The first-order valence-electron chi connectivity index (χ1n) is 14.0. The second-order valence-electron chi connectivity index (χ2n) is 12.2. The van der Waals surface area contributed by atoms with Gasteiger partial charge in [0, 0.05) is 50.4 Å². The number of hydrogen-bond acceptors (Lipinski definition) is 10. The number of primary amides is 1. The summed E-state index contributed by atoms with van der Waals surface area (Å²) in [5.41, 5.74) is 3.46. The molecule has 5 rings (SSSR count). The highest BCUT2D eigenvalue weighted by Crippen LogP contribution is 2.53. The summed E-state index contributed by atoms with van der Waals surface area (Å²) < 4.78 is 0. The molecule has 6 N–H and O–H groups in total. The van der Waals surface area contributed by atoms with Gasteiger partial charge in [0.1, 0.15) is 17.4 Å². The predicted molar refractivity (Wildman–Crippen MR) is 148 cm³/mol. The van der Waals surface area contributed by atoms with Crippen molar-refractivity contribution in [3.8, 4) is 5.75 Å². The highest BCUT2D eigenvalue weighted by molar-refractivity contribution is 6.25. The molecule has 12 heteroatoms. The lowest BCUT2D eigenvalue weighted by molar-refractivity contribution is -0.184. The fourth-order valence-corrected chi connectivity index (χ4v) is 7.48. The van der Waals surface area contributed by atoms with Crippen LogP contribution in [0.3, 0.4) is 0 Å². The van der Waals surface area contributed by atoms with Crippen LogP contribution in [0.2, 0.25) is 0 Å². The number of aliphatic hydroxyl groups excluding tert-OH is 2. The predicted octanol–water partition coefficient (Wildman–Crippen LogP) is -0.179. The van der Waals surface area contributed by atoms with Crippen molar-refractivity contribution in [3.63, 3.8) is 0 Å². The first kappa shape index (κ1) is 29.0. The molecule has 6 atom stereocenters. The van der Waals surface area contributed by atoms with Crippen molar-refractivity contribution in [2.24, 2.45) is 23.5 Å². The van der Waals surface area contributed by atoms with Crippen molar-refractivity contribution >= 4 is 34.8 Å². The number of aliphatic hydroxyl groups is 3. The average molecular weight is 571 g/mol. The highest BCUT2D eigenvalue weighted by Gasteiger charge is 2.67. The summed E-state index contributed by atoms with van der Waals surface area (Å²) >= 11 is 0. The molecule has 0 radical (unpaired) electrons. The van der Waals surface area contributed by atoms with Gasteiger partial charge in [0.15, 0.2) is 11.4 Å². The summed E-state index contributed by atoms with van der Waals surface area (Å²) in [4.78, 5) is 58.2. The van der Waals surface area contributed by atoms with Gasteiger partial charge >= 0.3 is 0 Å². The van der Waals surface area contributed by atoms with E-state index in [1.165, 1.54) is 0 Å². The molecule has 1 heterocycles. The van der Waals surface area contributed by atoms with Gasteiger partial charge in [-0.15, -0.1) is 0 Å². The number of likely N-dealkylation sites (N-methyl/N-ethyl adjacent to an activating group) is 1. The topological polar surface area (TPSA) is 185 Å². The lowest BCUT2D eigenvalue weighted by Crippen LogP contribution is -2.73. The number of hydrogen-bond donors (Lipinski definition) is 5. The molecule has 1 aromatic rings. The van der Waals surface area contributed by atoms with Crippen molar-refractivity contribution < 1.29 is 39.6 Å². The van der Waals surface area contributed by atoms with Gasteiger partial charge in [-0.05, 0) is 63.7 Å². The van der Waals surface area contributed by atoms with E-state index in [-0.39, 0.29) is 29.5 Å². The van der Waals surface area contributed by atoms with Crippen LogP contribution < -0.4 is 10.6 Å². The van der Waals surface area contributed by atoms with Crippen molar-refractivity contribution in [1.29, 1.82) is 0 Å². The fourth-order valence-electron chi connectivity index (χ4n) is 7.48. The average Bonchev–Trinajstić information content (AvgIpc) is 2.90. The van der Waals surface area contributed by atoms with Crippen LogP contribution in [0.5, 0.6) is 5.75 Å². The van der Waals surface area contributed by atoms with Crippen LogP contribution in [0.4, 0.5) is 5.69 Å². The molecule has 222 valence electrons. The van der Waals surface area contributed by atoms with E-state index in [0.29, 0.717) is 24.3 Å². The summed E-state index contributed by atoms with van der Waals surface area (Å²) in [6.45, 7) is 1.08. The van der Waals surface area contributed by atoms with Gasteiger partial charge in [-0.2, -0.15) is 0 Å². The molecule has 2 amide bonds. The first-order chi connectivity index (χ1) is 19.2. The zero-order chi connectivity index (χ0) is 30.1. The Morgan fingerprint density at radius 3 is 2.27 bits per heavy atom. The van der Waals surface area contributed by atoms with Gasteiger partial charge in [0.25, 0.3) is 5.91 Å². The number of aromatic hydroxyl groups is 1. The number of nitrogens with two attached hydrogens (primary N) is 1. The molecule has 0 bridgehead atoms. The fraction of sp³-hybridized carbons (Fsp3) is 0.586. The number of piperidine rings is 1. The molecule has 0 aromatic heterocycles. The molecule has 12 nitrogen and oxygen atoms in total. The Kier molecular flexibility index (Phi) is 7.16. The molecule has 2 unspecified atom stereocenters. The minimum Gasteiger partial charge on any atom is -0.507 e. The lowest BCUT2D eigenvalue weighted by Gasteiger charge is -2.53. The standard InChI is InChI=1S/C29H38N4O8/c1-31(2)17-12-15(28(40)33-8-6-5-7-9-33)22(34)19-14(17)10-13-11-16-21(32(3)4)24(36)20(27(30)39)26(38)29(16,41)25(37)18(13)23(19)35/h12-13,16,20-21,24,34-36,41H,5-11H2,1-4H3,(H2,30,39)/t13-,16-,20?,21-,24?,29-/m1/s1. The lowest BCUT2D eigenvalue weighted by atomic mass is 9.54. The van der Waals surface area contributed by atoms with Crippen LogP contribution in [0.25, 0.3) is 5.76 Å². The Bertz CT molecular complexity index is 1360. The van der Waals surface area contributed by atoms with E-state index >= 15 is 0 Å². The van der Waals surface area contributed by atoms with Crippen LogP contribution in [0.15, 0.2) is 11.6 Å². The first-order valence-corrected chi connectivity index (χ1v) is 14.0. The third-order valence-electron chi connectivity index (χ3n) is 9.42. The van der Waals surface area contributed by atoms with Crippen LogP contribution >= 0.6 is 0 Å². The van der Waals surface area contributed by atoms with E-state index in [1.54, 1.807) is 49.0 Å². The summed E-state index contributed by atoms with van der Waals surface area (Å²) in [6, 6.07) is 0.633. The zero-order valence-electron chi connectivity index (χ0n) is 23.8. The molecular formula is C29H38N4O8. The van der Waals surface area contributed by atoms with E-state index in [2.05, 4.69) is 0 Å². The Hall–Kier alpha value is -3.48. The van der Waals surface area contributed by atoms with Gasteiger partial charge in [0.2, 0.25) is 11.7 Å². The maximum absolute atomic E-state index is 14.1. The molecule has 4 aliphatic rings. The van der Waals surface area contributed by atoms with E-state index in [0.717, 1.165) is 19.3 Å². The van der Waals surface area contributed by atoms with Gasteiger partial charge < -0.3 is 40.9 Å². The maximum atomic E-state index is 14.1. The maximum Gasteiger partial charge on any atom is 0.257 e. The number of fused-ring (bicyclic) bond motifs is 3. The molecule has 3 aliphatic carbocycles. The molecule has 1 saturated heterocycles. The van der Waals surface area contributed by atoms with E-state index in [4.69, 9.17) is 5.73 Å². The van der Waals surface area contributed by atoms with Gasteiger partial charge in [-0.3, -0.25) is 19.2 Å². The van der Waals surface area contributed by atoms with Crippen molar-refractivity contribution in [3.05, 3.63) is 28.3 Å². The molecule has 3 fully saturated rings. The summed E-state index contributed by atoms with van der Waals surface area (Å²) in [6.07, 6.45) is 1.33. The number of amides is 2. The quantitative estimate of drug-likeness (QED) is 0.304. The number of likely N-dealkylation sites (tertiary alicyclic amines) is 1. The van der Waals surface area contributed by atoms with Gasteiger partial charge in [-0.1, -0.05) is 0 Å². The van der Waals surface area contributed by atoms with Crippen LogP contribution in [-0.2, 0) is 20.8 Å². The van der Waals surface area contributed by atoms with Crippen molar-refractivity contribution in [2.45, 2.75) is 49.9 Å². The number of phenolic OH excluding ortho intramolecular Hbond substituents is 1. The second kappa shape index (κ2) is 10.1. The SMILES string of the molecule is CN(C)c1cc(C(=O)N2CCCCC2)c(O)c2c1C[C@@H]1C[C@@H]3[C@@H](N(C)C)C(O)C(C(N)=O)C(=O)[C@]3(O)C(=O)C1=C2O. The number of ketones is 2. The van der Waals surface area contributed by atoms with Crippen LogP contribution in [0.1, 0.15) is 47.2 Å². The number of phenols is 1. The van der Waals surface area contributed by atoms with Gasteiger partial charge in [-0.25, -0.2) is 0 Å². The van der Waals surface area contributed by atoms with E-state index in [9.17, 15) is 39.6 Å². The normalized spacial score (nSPS) is 31.5. The molecule has 2 saturated carbocycles. The number of carbonyl (C=O) groups is 4. The minimum absolute atomic E-state index is 0.0156. The summed E-state index contributed by atoms with van der Waals surface area (Å²) in [5, 5.41) is 45.8. The van der Waals surface area contributed by atoms with Crippen LogP contribution in [-0.4, -0.2) is 113 Å². The van der Waals surface area contributed by atoms with E-state index < -0.39 is 70.4 Å². The molecule has 0 spiro atoms. The number of rotatable bonds is 4. The van der Waals surface area contributed by atoms with Crippen molar-refractivity contribution in [1.82, 2.24) is 9.80 Å². The monoisotopic (exact) mass is 570 g/mol.